The Morgan fingerprint density at radius 2 is 1.96 bits per heavy atom. The van der Waals surface area contributed by atoms with E-state index in [-0.39, 0.29) is 17.9 Å². The van der Waals surface area contributed by atoms with Crippen LogP contribution >= 0.6 is 0 Å². The number of hydrogen-bond acceptors (Lipinski definition) is 3. The summed E-state index contributed by atoms with van der Waals surface area (Å²) in [6.45, 7) is 3.60. The minimum atomic E-state index is -0.414. The predicted molar refractivity (Wildman–Crippen MR) is 102 cm³/mol. The molecule has 1 aromatic heterocycles. The molecule has 3 heterocycles. The fourth-order valence-electron chi connectivity index (χ4n) is 4.45. The van der Waals surface area contributed by atoms with Gasteiger partial charge in [0.2, 0.25) is 0 Å². The van der Waals surface area contributed by atoms with Crippen LogP contribution in [0.2, 0.25) is 0 Å². The quantitative estimate of drug-likeness (QED) is 0.713. The van der Waals surface area contributed by atoms with Crippen LogP contribution in [0.1, 0.15) is 41.3 Å². The first kappa shape index (κ1) is 16.7. The van der Waals surface area contributed by atoms with E-state index in [4.69, 9.17) is 4.74 Å². The van der Waals surface area contributed by atoms with Gasteiger partial charge in [0.05, 0.1) is 12.3 Å². The van der Waals surface area contributed by atoms with Gasteiger partial charge in [0, 0.05) is 27.6 Å². The molecule has 0 saturated carbocycles. The molecule has 2 aliphatic rings. The molecule has 1 saturated heterocycles. The van der Waals surface area contributed by atoms with Crippen molar-refractivity contribution in [2.75, 3.05) is 13.2 Å². The molecule has 0 unspecified atom stereocenters. The molecule has 138 valence electrons. The van der Waals surface area contributed by atoms with Gasteiger partial charge in [0.1, 0.15) is 12.4 Å². The number of carbonyl (C=O) groups is 1. The van der Waals surface area contributed by atoms with E-state index in [1.165, 1.54) is 24.1 Å². The van der Waals surface area contributed by atoms with Gasteiger partial charge in [0.15, 0.2) is 5.78 Å². The van der Waals surface area contributed by atoms with Crippen LogP contribution in [0.15, 0.2) is 36.4 Å². The maximum absolute atomic E-state index is 14.0. The van der Waals surface area contributed by atoms with Crippen molar-refractivity contribution >= 4 is 16.7 Å². The van der Waals surface area contributed by atoms with Crippen molar-refractivity contribution < 1.29 is 13.9 Å². The number of H-pyrrole nitrogens is 1. The molecule has 2 aromatic carbocycles. The van der Waals surface area contributed by atoms with Crippen molar-refractivity contribution in [3.63, 3.8) is 0 Å². The zero-order valence-corrected chi connectivity index (χ0v) is 15.2. The third-order valence-corrected chi connectivity index (χ3v) is 5.93. The fourth-order valence-corrected chi connectivity index (χ4v) is 4.45. The van der Waals surface area contributed by atoms with E-state index in [9.17, 15) is 9.18 Å². The smallest absolute Gasteiger partial charge is 0.189 e. The van der Waals surface area contributed by atoms with E-state index >= 15 is 0 Å². The van der Waals surface area contributed by atoms with Crippen LogP contribution in [-0.4, -0.2) is 23.9 Å². The molecule has 0 spiro atoms. The topological polar surface area (TPSA) is 54.1 Å². The zero-order chi connectivity index (χ0) is 18.6. The summed E-state index contributed by atoms with van der Waals surface area (Å²) < 4.78 is 19.6. The Hall–Kier alpha value is -2.50. The zero-order valence-electron chi connectivity index (χ0n) is 15.2. The molecule has 3 aromatic rings. The van der Waals surface area contributed by atoms with Gasteiger partial charge in [-0.1, -0.05) is 24.3 Å². The summed E-state index contributed by atoms with van der Waals surface area (Å²) in [5.41, 5.74) is 5.16. The lowest BCUT2D eigenvalue weighted by molar-refractivity contribution is 0.0742. The first-order valence-corrected chi connectivity index (χ1v) is 9.36. The van der Waals surface area contributed by atoms with Gasteiger partial charge in [0.25, 0.3) is 0 Å². The summed E-state index contributed by atoms with van der Waals surface area (Å²) in [4.78, 5) is 15.6. The molecule has 1 atom stereocenters. The number of carbonyl (C=O) groups excluding carboxylic acids is 1. The van der Waals surface area contributed by atoms with Crippen molar-refractivity contribution in [1.29, 1.82) is 0 Å². The number of aromatic amines is 1. The van der Waals surface area contributed by atoms with E-state index in [0.717, 1.165) is 35.2 Å². The Labute approximate surface area is 156 Å². The van der Waals surface area contributed by atoms with Gasteiger partial charge in [-0.05, 0) is 49.6 Å². The van der Waals surface area contributed by atoms with Crippen LogP contribution in [0.4, 0.5) is 4.39 Å². The standard InChI is InChI=1S/C22H21FN2O2/c1-22(7-2-8-24-22)14-5-3-13(4-6-14)21-17-11-27-12-19(26)16-9-15(23)10-18(25-21)20(16)17/h3-6,9-10,24-25H,2,7-8,11-12H2,1H3/t22-/m0/s1. The SMILES string of the molecule is C[C@@]1(c2ccc(-c3[nH]c4cc(F)cc5c4c3COCC5=O)cc2)CCCN1. The van der Waals surface area contributed by atoms with Crippen LogP contribution < -0.4 is 5.32 Å². The second kappa shape index (κ2) is 6.01. The third-order valence-electron chi connectivity index (χ3n) is 5.93. The van der Waals surface area contributed by atoms with E-state index in [2.05, 4.69) is 41.5 Å². The van der Waals surface area contributed by atoms with E-state index in [0.29, 0.717) is 17.7 Å². The van der Waals surface area contributed by atoms with Gasteiger partial charge in [-0.25, -0.2) is 4.39 Å². The summed E-state index contributed by atoms with van der Waals surface area (Å²) in [6, 6.07) is 11.2. The van der Waals surface area contributed by atoms with Gasteiger partial charge in [-0.2, -0.15) is 0 Å². The molecule has 0 bridgehead atoms. The maximum Gasteiger partial charge on any atom is 0.189 e. The molecular weight excluding hydrogens is 343 g/mol. The Morgan fingerprint density at radius 1 is 1.15 bits per heavy atom. The number of ketones is 1. The molecular formula is C22H21FN2O2. The summed E-state index contributed by atoms with van der Waals surface area (Å²) in [6.07, 6.45) is 2.31. The summed E-state index contributed by atoms with van der Waals surface area (Å²) in [5.74, 6) is -0.595. The van der Waals surface area contributed by atoms with Gasteiger partial charge < -0.3 is 15.0 Å². The van der Waals surface area contributed by atoms with Crippen LogP contribution in [-0.2, 0) is 16.9 Å². The Morgan fingerprint density at radius 3 is 2.70 bits per heavy atom. The minimum Gasteiger partial charge on any atom is -0.369 e. The number of benzene rings is 2. The first-order chi connectivity index (χ1) is 13.0. The van der Waals surface area contributed by atoms with Crippen LogP contribution in [0.3, 0.4) is 0 Å². The highest BCUT2D eigenvalue weighted by molar-refractivity contribution is 6.11. The summed E-state index contributed by atoms with van der Waals surface area (Å²) >= 11 is 0. The number of aromatic nitrogens is 1. The second-order valence-electron chi connectivity index (χ2n) is 7.71. The van der Waals surface area contributed by atoms with Crippen molar-refractivity contribution in [2.24, 2.45) is 0 Å². The van der Waals surface area contributed by atoms with Crippen molar-refractivity contribution in [3.05, 3.63) is 58.9 Å². The Bertz CT molecular complexity index is 1050. The second-order valence-corrected chi connectivity index (χ2v) is 7.71. The number of Topliss-reactive ketones (excluding diaryl/α,β-unsaturated/α-hetero) is 1. The normalized spacial score (nSPS) is 22.4. The molecule has 1 fully saturated rings. The van der Waals surface area contributed by atoms with E-state index < -0.39 is 5.82 Å². The van der Waals surface area contributed by atoms with Crippen molar-refractivity contribution in [2.45, 2.75) is 31.9 Å². The van der Waals surface area contributed by atoms with E-state index in [1.54, 1.807) is 0 Å². The van der Waals surface area contributed by atoms with Gasteiger partial charge in [-0.15, -0.1) is 0 Å². The molecule has 4 nitrogen and oxygen atoms in total. The average Bonchev–Trinajstić information content (AvgIpc) is 3.21. The number of halogens is 1. The Balaban J connectivity index is 1.64. The molecule has 0 amide bonds. The third kappa shape index (κ3) is 2.61. The fraction of sp³-hybridized carbons (Fsp3) is 0.318. The van der Waals surface area contributed by atoms with Crippen LogP contribution in [0.25, 0.3) is 22.2 Å². The first-order valence-electron chi connectivity index (χ1n) is 9.36. The number of hydrogen-bond donors (Lipinski definition) is 2. The summed E-state index contributed by atoms with van der Waals surface area (Å²) in [7, 11) is 0. The molecule has 2 N–H and O–H groups in total. The largest absolute Gasteiger partial charge is 0.369 e. The summed E-state index contributed by atoms with van der Waals surface area (Å²) in [5, 5.41) is 4.36. The number of nitrogens with one attached hydrogen (secondary N) is 2. The molecule has 5 rings (SSSR count). The minimum absolute atomic E-state index is 0.0182. The van der Waals surface area contributed by atoms with Crippen molar-refractivity contribution in [3.8, 4) is 11.3 Å². The van der Waals surface area contributed by atoms with Gasteiger partial charge >= 0.3 is 0 Å². The maximum atomic E-state index is 14.0. The molecule has 5 heteroatoms. The molecule has 0 radical (unpaired) electrons. The van der Waals surface area contributed by atoms with Crippen molar-refractivity contribution in [1.82, 2.24) is 10.3 Å². The lowest BCUT2D eigenvalue weighted by Gasteiger charge is -2.25. The predicted octanol–water partition coefficient (Wildman–Crippen LogP) is 4.29. The number of ether oxygens (including phenoxy) is 1. The highest BCUT2D eigenvalue weighted by atomic mass is 19.1. The molecule has 27 heavy (non-hydrogen) atoms. The average molecular weight is 364 g/mol. The Kier molecular flexibility index (Phi) is 3.71. The molecule has 0 aliphatic carbocycles. The molecule has 2 aliphatic heterocycles. The highest BCUT2D eigenvalue weighted by Crippen LogP contribution is 2.37. The van der Waals surface area contributed by atoms with Gasteiger partial charge in [-0.3, -0.25) is 4.79 Å². The number of rotatable bonds is 2. The van der Waals surface area contributed by atoms with Crippen LogP contribution in [0, 0.1) is 5.82 Å². The lowest BCUT2D eigenvalue weighted by Crippen LogP contribution is -2.32. The van der Waals surface area contributed by atoms with E-state index in [1.807, 2.05) is 0 Å². The monoisotopic (exact) mass is 364 g/mol. The highest BCUT2D eigenvalue weighted by Gasteiger charge is 2.30. The lowest BCUT2D eigenvalue weighted by atomic mass is 9.89. The van der Waals surface area contributed by atoms with Crippen LogP contribution in [0.5, 0.6) is 0 Å².